The van der Waals surface area contributed by atoms with Crippen LogP contribution in [0.5, 0.6) is 0 Å². The average molecular weight is 284 g/mol. The van der Waals surface area contributed by atoms with Gasteiger partial charge in [0.15, 0.2) is 0 Å². The highest BCUT2D eigenvalue weighted by atomic mass is 35.5. The predicted molar refractivity (Wildman–Crippen MR) is 79.5 cm³/mol. The number of nitrogens with one attached hydrogen (secondary N) is 2. The summed E-state index contributed by atoms with van der Waals surface area (Å²) < 4.78 is 0. The van der Waals surface area contributed by atoms with E-state index in [4.69, 9.17) is 0 Å². The number of hydrogen-bond donors (Lipinski definition) is 2. The lowest BCUT2D eigenvalue weighted by molar-refractivity contribution is -0.123. The van der Waals surface area contributed by atoms with Gasteiger partial charge in [0.1, 0.15) is 0 Å². The van der Waals surface area contributed by atoms with Gasteiger partial charge in [0.2, 0.25) is 5.91 Å². The molecule has 1 aromatic carbocycles. The second kappa shape index (κ2) is 7.48. The topological polar surface area (TPSA) is 44.4 Å². The fourth-order valence-corrected chi connectivity index (χ4v) is 2.05. The molecular weight excluding hydrogens is 262 g/mol. The van der Waals surface area contributed by atoms with Crippen molar-refractivity contribution in [3.63, 3.8) is 0 Å². The SMILES string of the molecule is CC(NC(=O)CN(C)C1CNC1)c1ccccc1.Cl. The summed E-state index contributed by atoms with van der Waals surface area (Å²) in [4.78, 5) is 14.0. The smallest absolute Gasteiger partial charge is 0.234 e. The fourth-order valence-electron chi connectivity index (χ4n) is 2.05. The molecule has 2 rings (SSSR count). The van der Waals surface area contributed by atoms with E-state index in [9.17, 15) is 4.79 Å². The second-order valence-corrected chi connectivity index (χ2v) is 4.93. The Balaban J connectivity index is 0.00000180. The van der Waals surface area contributed by atoms with Crippen LogP contribution in [0, 0.1) is 0 Å². The van der Waals surface area contributed by atoms with Gasteiger partial charge >= 0.3 is 0 Å². The van der Waals surface area contributed by atoms with Crippen LogP contribution in [0.2, 0.25) is 0 Å². The molecule has 1 saturated heterocycles. The number of carbonyl (C=O) groups excluding carboxylic acids is 1. The zero-order valence-corrected chi connectivity index (χ0v) is 12.2. The van der Waals surface area contributed by atoms with E-state index in [1.54, 1.807) is 0 Å². The van der Waals surface area contributed by atoms with Crippen LogP contribution in [0.3, 0.4) is 0 Å². The summed E-state index contributed by atoms with van der Waals surface area (Å²) in [5.41, 5.74) is 1.14. The van der Waals surface area contributed by atoms with Crippen LogP contribution in [0.25, 0.3) is 0 Å². The van der Waals surface area contributed by atoms with E-state index in [1.165, 1.54) is 0 Å². The van der Waals surface area contributed by atoms with Gasteiger partial charge in [-0.25, -0.2) is 0 Å². The van der Waals surface area contributed by atoms with E-state index in [0.29, 0.717) is 12.6 Å². The molecule has 0 spiro atoms. The molecule has 2 N–H and O–H groups in total. The first kappa shape index (κ1) is 16.0. The minimum atomic E-state index is 0. The number of halogens is 1. The first-order valence-corrected chi connectivity index (χ1v) is 6.42. The Hall–Kier alpha value is -1.10. The number of carbonyl (C=O) groups is 1. The van der Waals surface area contributed by atoms with Gasteiger partial charge < -0.3 is 10.6 Å². The highest BCUT2D eigenvalue weighted by Gasteiger charge is 2.23. The van der Waals surface area contributed by atoms with E-state index < -0.39 is 0 Å². The Kier molecular flexibility index (Phi) is 6.28. The molecule has 1 heterocycles. The van der Waals surface area contributed by atoms with Crippen LogP contribution in [0.1, 0.15) is 18.5 Å². The minimum absolute atomic E-state index is 0. The van der Waals surface area contributed by atoms with Crippen molar-refractivity contribution in [2.75, 3.05) is 26.7 Å². The molecule has 1 aliphatic rings. The quantitative estimate of drug-likeness (QED) is 0.853. The van der Waals surface area contributed by atoms with Crippen molar-refractivity contribution >= 4 is 18.3 Å². The van der Waals surface area contributed by atoms with E-state index in [0.717, 1.165) is 18.7 Å². The molecule has 1 aromatic rings. The molecule has 5 heteroatoms. The van der Waals surface area contributed by atoms with Crippen molar-refractivity contribution in [3.8, 4) is 0 Å². The molecule has 106 valence electrons. The first-order valence-electron chi connectivity index (χ1n) is 6.42. The number of rotatable bonds is 5. The third kappa shape index (κ3) is 4.49. The molecule has 0 radical (unpaired) electrons. The normalized spacial score (nSPS) is 16.4. The molecule has 0 aliphatic carbocycles. The molecule has 0 bridgehead atoms. The lowest BCUT2D eigenvalue weighted by Gasteiger charge is -2.35. The summed E-state index contributed by atoms with van der Waals surface area (Å²) in [6, 6.07) is 10.6. The molecule has 1 unspecified atom stereocenters. The van der Waals surface area contributed by atoms with Crippen LogP contribution in [-0.2, 0) is 4.79 Å². The predicted octanol–water partition coefficient (Wildman–Crippen LogP) is 1.19. The molecule has 19 heavy (non-hydrogen) atoms. The van der Waals surface area contributed by atoms with Gasteiger partial charge in [0.05, 0.1) is 12.6 Å². The van der Waals surface area contributed by atoms with Crippen molar-refractivity contribution in [2.24, 2.45) is 0 Å². The fraction of sp³-hybridized carbons (Fsp3) is 0.500. The van der Waals surface area contributed by atoms with Gasteiger partial charge in [-0.1, -0.05) is 30.3 Å². The molecule has 0 saturated carbocycles. The molecule has 4 nitrogen and oxygen atoms in total. The maximum Gasteiger partial charge on any atom is 0.234 e. The van der Waals surface area contributed by atoms with Crippen LogP contribution in [-0.4, -0.2) is 43.5 Å². The highest BCUT2D eigenvalue weighted by Crippen LogP contribution is 2.11. The summed E-state index contributed by atoms with van der Waals surface area (Å²) in [7, 11) is 2.00. The molecule has 1 atom stereocenters. The lowest BCUT2D eigenvalue weighted by Crippen LogP contribution is -2.57. The van der Waals surface area contributed by atoms with Gasteiger partial charge in [-0.15, -0.1) is 12.4 Å². The number of hydrogen-bond acceptors (Lipinski definition) is 3. The zero-order chi connectivity index (χ0) is 13.0. The van der Waals surface area contributed by atoms with E-state index in [1.807, 2.05) is 44.3 Å². The van der Waals surface area contributed by atoms with E-state index >= 15 is 0 Å². The second-order valence-electron chi connectivity index (χ2n) is 4.93. The van der Waals surface area contributed by atoms with E-state index in [-0.39, 0.29) is 24.4 Å². The van der Waals surface area contributed by atoms with Crippen LogP contribution in [0.4, 0.5) is 0 Å². The zero-order valence-electron chi connectivity index (χ0n) is 11.4. The van der Waals surface area contributed by atoms with Crippen molar-refractivity contribution in [1.29, 1.82) is 0 Å². The number of benzene rings is 1. The summed E-state index contributed by atoms with van der Waals surface area (Å²) in [5.74, 6) is 0.0840. The van der Waals surface area contributed by atoms with Gasteiger partial charge in [0, 0.05) is 19.1 Å². The van der Waals surface area contributed by atoms with Crippen molar-refractivity contribution in [1.82, 2.24) is 15.5 Å². The standard InChI is InChI=1S/C14H21N3O.ClH/c1-11(12-6-4-3-5-7-12)16-14(18)10-17(2)13-8-15-9-13;/h3-7,11,13,15H,8-10H2,1-2H3,(H,16,18);1H. The van der Waals surface area contributed by atoms with Crippen LogP contribution >= 0.6 is 12.4 Å². The first-order chi connectivity index (χ1) is 8.66. The Bertz CT molecular complexity index is 395. The largest absolute Gasteiger partial charge is 0.348 e. The molecule has 1 fully saturated rings. The van der Waals surface area contributed by atoms with Crippen molar-refractivity contribution < 1.29 is 4.79 Å². The lowest BCUT2D eigenvalue weighted by atomic mass is 10.1. The number of likely N-dealkylation sites (N-methyl/N-ethyl adjacent to an activating group) is 1. The monoisotopic (exact) mass is 283 g/mol. The Morgan fingerprint density at radius 3 is 2.58 bits per heavy atom. The maximum atomic E-state index is 11.9. The highest BCUT2D eigenvalue weighted by molar-refractivity contribution is 5.85. The molecule has 1 amide bonds. The Labute approximate surface area is 121 Å². The molecule has 1 aliphatic heterocycles. The third-order valence-corrected chi connectivity index (χ3v) is 3.45. The number of nitrogens with zero attached hydrogens (tertiary/aromatic N) is 1. The maximum absolute atomic E-state index is 11.9. The Morgan fingerprint density at radius 1 is 1.42 bits per heavy atom. The van der Waals surface area contributed by atoms with E-state index in [2.05, 4.69) is 15.5 Å². The summed E-state index contributed by atoms with van der Waals surface area (Å²) in [6.45, 7) is 4.44. The van der Waals surface area contributed by atoms with Gasteiger partial charge in [-0.2, -0.15) is 0 Å². The molecular formula is C14H22ClN3O. The average Bonchev–Trinajstić information content (AvgIpc) is 2.27. The number of amides is 1. The minimum Gasteiger partial charge on any atom is -0.348 e. The third-order valence-electron chi connectivity index (χ3n) is 3.45. The van der Waals surface area contributed by atoms with Crippen LogP contribution in [0.15, 0.2) is 30.3 Å². The van der Waals surface area contributed by atoms with Crippen molar-refractivity contribution in [2.45, 2.75) is 19.0 Å². The van der Waals surface area contributed by atoms with Gasteiger partial charge in [-0.3, -0.25) is 9.69 Å². The summed E-state index contributed by atoms with van der Waals surface area (Å²) in [6.07, 6.45) is 0. The van der Waals surface area contributed by atoms with Gasteiger partial charge in [-0.05, 0) is 19.5 Å². The van der Waals surface area contributed by atoms with Crippen LogP contribution < -0.4 is 10.6 Å². The molecule has 0 aromatic heterocycles. The Morgan fingerprint density at radius 2 is 2.05 bits per heavy atom. The van der Waals surface area contributed by atoms with Crippen molar-refractivity contribution in [3.05, 3.63) is 35.9 Å². The summed E-state index contributed by atoms with van der Waals surface area (Å²) in [5, 5.41) is 6.24. The van der Waals surface area contributed by atoms with Gasteiger partial charge in [0.25, 0.3) is 0 Å². The summed E-state index contributed by atoms with van der Waals surface area (Å²) >= 11 is 0.